The number of aromatic nitrogens is 1. The van der Waals surface area contributed by atoms with E-state index in [9.17, 15) is 14.0 Å². The Bertz CT molecular complexity index is 1280. The molecule has 0 saturated carbocycles. The Morgan fingerprint density at radius 3 is 2.33 bits per heavy atom. The molecule has 8 nitrogen and oxygen atoms in total. The molecule has 0 radical (unpaired) electrons. The van der Waals surface area contributed by atoms with Crippen LogP contribution in [0.3, 0.4) is 0 Å². The second kappa shape index (κ2) is 11.0. The summed E-state index contributed by atoms with van der Waals surface area (Å²) in [5.74, 6) is 0.332. The Balaban J connectivity index is 1.58. The topological polar surface area (TPSA) is 84.0 Å². The number of pyridine rings is 1. The van der Waals surface area contributed by atoms with Crippen molar-refractivity contribution < 1.29 is 23.5 Å². The third-order valence-electron chi connectivity index (χ3n) is 5.50. The maximum atomic E-state index is 13.5. The molecule has 1 atom stereocenters. The number of hydrogen-bond donors (Lipinski definition) is 1. The summed E-state index contributed by atoms with van der Waals surface area (Å²) >= 11 is 5.60. The molecule has 0 spiro atoms. The highest BCUT2D eigenvalue weighted by molar-refractivity contribution is 7.80. The van der Waals surface area contributed by atoms with Gasteiger partial charge in [0.2, 0.25) is 5.91 Å². The van der Waals surface area contributed by atoms with E-state index in [4.69, 9.17) is 21.7 Å². The zero-order valence-electron chi connectivity index (χ0n) is 19.6. The molecular weight excluding hydrogens is 483 g/mol. The van der Waals surface area contributed by atoms with Gasteiger partial charge < -0.3 is 19.7 Å². The van der Waals surface area contributed by atoms with Crippen LogP contribution in [0, 0.1) is 5.82 Å². The fourth-order valence-electron chi connectivity index (χ4n) is 3.62. The van der Waals surface area contributed by atoms with Crippen molar-refractivity contribution >= 4 is 46.7 Å². The van der Waals surface area contributed by atoms with Crippen LogP contribution in [0.15, 0.2) is 73.1 Å². The molecule has 1 aliphatic rings. The van der Waals surface area contributed by atoms with Crippen LogP contribution >= 0.6 is 12.2 Å². The fourth-order valence-corrected chi connectivity index (χ4v) is 4.00. The van der Waals surface area contributed by atoms with Gasteiger partial charge in [0.05, 0.1) is 32.5 Å². The molecule has 0 aliphatic carbocycles. The van der Waals surface area contributed by atoms with Gasteiger partial charge >= 0.3 is 0 Å². The van der Waals surface area contributed by atoms with Gasteiger partial charge in [0.1, 0.15) is 29.2 Å². The van der Waals surface area contributed by atoms with E-state index >= 15 is 0 Å². The van der Waals surface area contributed by atoms with E-state index in [2.05, 4.69) is 10.3 Å². The number of carbonyl (C=O) groups excluding carboxylic acids is 2. The molecule has 4 rings (SSSR count). The van der Waals surface area contributed by atoms with E-state index in [1.807, 2.05) is 24.3 Å². The first-order valence-electron chi connectivity index (χ1n) is 10.9. The van der Waals surface area contributed by atoms with Gasteiger partial charge in [-0.05, 0) is 72.4 Å². The summed E-state index contributed by atoms with van der Waals surface area (Å²) < 4.78 is 23.7. The van der Waals surface area contributed by atoms with Crippen molar-refractivity contribution in [2.45, 2.75) is 12.5 Å². The van der Waals surface area contributed by atoms with Gasteiger partial charge in [-0.25, -0.2) is 9.37 Å². The summed E-state index contributed by atoms with van der Waals surface area (Å²) in [7, 11) is 3.10. The minimum absolute atomic E-state index is 0.178. The average molecular weight is 507 g/mol. The minimum atomic E-state index is -0.907. The quantitative estimate of drug-likeness (QED) is 0.458. The summed E-state index contributed by atoms with van der Waals surface area (Å²) in [6.45, 7) is 0. The number of nitrogens with zero attached hydrogens (tertiary/aromatic N) is 3. The molecule has 3 aromatic rings. The van der Waals surface area contributed by atoms with E-state index < -0.39 is 23.7 Å². The molecule has 2 amide bonds. The molecule has 1 N–H and O–H groups in total. The molecule has 36 heavy (non-hydrogen) atoms. The van der Waals surface area contributed by atoms with E-state index in [1.54, 1.807) is 36.4 Å². The molecule has 184 valence electrons. The number of amides is 2. The average Bonchev–Trinajstić information content (AvgIpc) is 3.12. The molecule has 2 heterocycles. The second-order valence-electron chi connectivity index (χ2n) is 7.78. The van der Waals surface area contributed by atoms with Crippen molar-refractivity contribution in [3.8, 4) is 11.5 Å². The molecule has 1 unspecified atom stereocenters. The Hall–Kier alpha value is -4.31. The number of anilines is 2. The lowest BCUT2D eigenvalue weighted by Gasteiger charge is -2.19. The lowest BCUT2D eigenvalue weighted by Crippen LogP contribution is -2.34. The highest BCUT2D eigenvalue weighted by atomic mass is 32.1. The number of carbonyl (C=O) groups is 2. The van der Waals surface area contributed by atoms with Gasteiger partial charge in [-0.1, -0.05) is 12.1 Å². The van der Waals surface area contributed by atoms with E-state index in [1.165, 1.54) is 42.5 Å². The van der Waals surface area contributed by atoms with Crippen molar-refractivity contribution in [2.24, 2.45) is 0 Å². The molecule has 10 heteroatoms. The maximum absolute atomic E-state index is 13.5. The molecule has 0 bridgehead atoms. The van der Waals surface area contributed by atoms with Gasteiger partial charge in [0.25, 0.3) is 5.91 Å². The van der Waals surface area contributed by atoms with Crippen molar-refractivity contribution in [3.05, 3.63) is 84.4 Å². The Morgan fingerprint density at radius 1 is 1.06 bits per heavy atom. The molecule has 1 fully saturated rings. The first-order valence-corrected chi connectivity index (χ1v) is 11.3. The van der Waals surface area contributed by atoms with Crippen LogP contribution in [0.5, 0.6) is 11.5 Å². The normalized spacial score (nSPS) is 15.5. The fraction of sp³-hybridized carbons (Fsp3) is 0.154. The highest BCUT2D eigenvalue weighted by Crippen LogP contribution is 2.28. The minimum Gasteiger partial charge on any atom is -0.497 e. The number of nitrogens with one attached hydrogen (secondary N) is 1. The predicted molar refractivity (Wildman–Crippen MR) is 138 cm³/mol. The Kier molecular flexibility index (Phi) is 7.55. The first-order chi connectivity index (χ1) is 17.4. The lowest BCUT2D eigenvalue weighted by atomic mass is 10.1. The molecule has 2 aromatic carbocycles. The van der Waals surface area contributed by atoms with Crippen molar-refractivity contribution in [3.63, 3.8) is 0 Å². The van der Waals surface area contributed by atoms with Gasteiger partial charge in [0.15, 0.2) is 5.11 Å². The molecular formula is C26H23FN4O4S. The SMILES string of the molecule is COc1ccc(/C=C/N2C(=S)N(c3ccc(F)cc3)C(=O)C2CC(=O)Nc2ccc(OC)cn2)cc1. The number of ether oxygens (including phenoxy) is 2. The third-order valence-corrected chi connectivity index (χ3v) is 5.89. The largest absolute Gasteiger partial charge is 0.497 e. The zero-order chi connectivity index (χ0) is 25.7. The number of thiocarbonyl (C=S) groups is 1. The van der Waals surface area contributed by atoms with E-state index in [-0.39, 0.29) is 11.5 Å². The highest BCUT2D eigenvalue weighted by Gasteiger charge is 2.43. The summed E-state index contributed by atoms with van der Waals surface area (Å²) in [6, 6.07) is 15.1. The standard InChI is InChI=1S/C26H23FN4O4S/c1-34-20-9-3-17(4-10-20)13-14-30-22(15-24(32)29-23-12-11-21(35-2)16-28-23)25(33)31(26(30)36)19-7-5-18(27)6-8-19/h3-14,16,22H,15H2,1-2H3,(H,28,29,32)/b14-13+. The van der Waals surface area contributed by atoms with Crippen LogP contribution in [0.1, 0.15) is 12.0 Å². The first kappa shape index (κ1) is 24.8. The van der Waals surface area contributed by atoms with Crippen LogP contribution in [0.2, 0.25) is 0 Å². The Morgan fingerprint density at radius 2 is 1.72 bits per heavy atom. The van der Waals surface area contributed by atoms with Crippen molar-refractivity contribution in [1.29, 1.82) is 0 Å². The number of halogens is 1. The van der Waals surface area contributed by atoms with Gasteiger partial charge in [-0.2, -0.15) is 0 Å². The number of hydrogen-bond acceptors (Lipinski definition) is 6. The van der Waals surface area contributed by atoms with Crippen LogP contribution in [-0.2, 0) is 9.59 Å². The van der Waals surface area contributed by atoms with Crippen LogP contribution in [0.4, 0.5) is 15.9 Å². The predicted octanol–water partition coefficient (Wildman–Crippen LogP) is 4.24. The van der Waals surface area contributed by atoms with E-state index in [0.29, 0.717) is 23.0 Å². The van der Waals surface area contributed by atoms with Crippen LogP contribution < -0.4 is 19.7 Å². The van der Waals surface area contributed by atoms with Crippen molar-refractivity contribution in [2.75, 3.05) is 24.4 Å². The monoisotopic (exact) mass is 506 g/mol. The van der Waals surface area contributed by atoms with Gasteiger partial charge in [0, 0.05) is 6.20 Å². The maximum Gasteiger partial charge on any atom is 0.257 e. The zero-order valence-corrected chi connectivity index (χ0v) is 20.4. The number of rotatable bonds is 8. The number of methoxy groups -OCH3 is 2. The van der Waals surface area contributed by atoms with Crippen molar-refractivity contribution in [1.82, 2.24) is 9.88 Å². The number of benzene rings is 2. The summed E-state index contributed by atoms with van der Waals surface area (Å²) in [6.07, 6.45) is 4.74. The summed E-state index contributed by atoms with van der Waals surface area (Å²) in [5, 5.41) is 2.87. The molecule has 1 aromatic heterocycles. The van der Waals surface area contributed by atoms with E-state index in [0.717, 1.165) is 5.56 Å². The summed E-state index contributed by atoms with van der Waals surface area (Å²) in [4.78, 5) is 33.3. The Labute approximate surface area is 212 Å². The van der Waals surface area contributed by atoms with Crippen LogP contribution in [-0.4, -0.2) is 47.1 Å². The summed E-state index contributed by atoms with van der Waals surface area (Å²) in [5.41, 5.74) is 1.26. The lowest BCUT2D eigenvalue weighted by molar-refractivity contribution is -0.124. The van der Waals surface area contributed by atoms with Gasteiger partial charge in [-0.3, -0.25) is 14.5 Å². The van der Waals surface area contributed by atoms with Gasteiger partial charge in [-0.15, -0.1) is 0 Å². The third kappa shape index (κ3) is 5.49. The molecule has 1 aliphatic heterocycles. The second-order valence-corrected chi connectivity index (χ2v) is 8.15. The molecule has 1 saturated heterocycles. The van der Waals surface area contributed by atoms with Crippen LogP contribution in [0.25, 0.3) is 6.08 Å². The smallest absolute Gasteiger partial charge is 0.257 e.